The molecule has 0 saturated heterocycles. The number of benzene rings is 2. The lowest BCUT2D eigenvalue weighted by Crippen LogP contribution is -2.14. The van der Waals surface area contributed by atoms with E-state index >= 15 is 0 Å². The number of aromatic nitrogens is 3. The van der Waals surface area contributed by atoms with Crippen LogP contribution in [-0.4, -0.2) is 27.3 Å². The van der Waals surface area contributed by atoms with Crippen molar-refractivity contribution in [3.63, 3.8) is 0 Å². The van der Waals surface area contributed by atoms with Crippen LogP contribution in [0.5, 0.6) is 5.75 Å². The van der Waals surface area contributed by atoms with Crippen molar-refractivity contribution in [2.24, 2.45) is 0 Å². The monoisotopic (exact) mass is 426 g/mol. The average molecular weight is 427 g/mol. The summed E-state index contributed by atoms with van der Waals surface area (Å²) in [4.78, 5) is 18.3. The predicted molar refractivity (Wildman–Crippen MR) is 125 cm³/mol. The molecule has 32 heavy (non-hydrogen) atoms. The standard InChI is InChI=1S/C26H26N4O2/c1-3-32-21-13-11-20(12-14-21)27-26(31)22-15-23(19-9-10-19)28-25-24(22)17(2)29-30(25)16-18-7-5-4-6-8-18/h4-8,11-15,19H,3,9-10,16H2,1-2H3,(H,27,31). The van der Waals surface area contributed by atoms with Gasteiger partial charge in [0.2, 0.25) is 0 Å². The minimum atomic E-state index is -0.147. The molecule has 4 aromatic rings. The number of hydrogen-bond donors (Lipinski definition) is 1. The molecular weight excluding hydrogens is 400 g/mol. The van der Waals surface area contributed by atoms with Gasteiger partial charge >= 0.3 is 0 Å². The molecule has 0 spiro atoms. The Balaban J connectivity index is 1.52. The normalized spacial score (nSPS) is 13.3. The highest BCUT2D eigenvalue weighted by atomic mass is 16.5. The number of anilines is 1. The summed E-state index contributed by atoms with van der Waals surface area (Å²) >= 11 is 0. The van der Waals surface area contributed by atoms with E-state index in [1.165, 1.54) is 0 Å². The first-order valence-electron chi connectivity index (χ1n) is 11.1. The zero-order valence-corrected chi connectivity index (χ0v) is 18.3. The van der Waals surface area contributed by atoms with Crippen LogP contribution in [0.2, 0.25) is 0 Å². The first-order chi connectivity index (χ1) is 15.6. The molecule has 1 aliphatic rings. The van der Waals surface area contributed by atoms with Gasteiger partial charge in [-0.2, -0.15) is 5.10 Å². The maximum Gasteiger partial charge on any atom is 0.256 e. The van der Waals surface area contributed by atoms with Crippen LogP contribution in [0, 0.1) is 6.92 Å². The van der Waals surface area contributed by atoms with Crippen molar-refractivity contribution in [1.29, 1.82) is 0 Å². The van der Waals surface area contributed by atoms with E-state index in [-0.39, 0.29) is 5.91 Å². The lowest BCUT2D eigenvalue weighted by molar-refractivity contribution is 0.102. The third-order valence-corrected chi connectivity index (χ3v) is 5.74. The van der Waals surface area contributed by atoms with E-state index in [0.717, 1.165) is 52.3 Å². The molecule has 6 nitrogen and oxygen atoms in total. The van der Waals surface area contributed by atoms with Gasteiger partial charge in [0.25, 0.3) is 5.91 Å². The van der Waals surface area contributed by atoms with Gasteiger partial charge in [0, 0.05) is 17.3 Å². The fraction of sp³-hybridized carbons (Fsp3) is 0.269. The molecule has 1 N–H and O–H groups in total. The average Bonchev–Trinajstić information content (AvgIpc) is 3.61. The highest BCUT2D eigenvalue weighted by Crippen LogP contribution is 2.40. The first-order valence-corrected chi connectivity index (χ1v) is 11.1. The van der Waals surface area contributed by atoms with Crippen molar-refractivity contribution in [2.45, 2.75) is 39.2 Å². The van der Waals surface area contributed by atoms with E-state index in [2.05, 4.69) is 17.4 Å². The summed E-state index contributed by atoms with van der Waals surface area (Å²) in [7, 11) is 0. The first kappa shape index (κ1) is 20.2. The molecule has 0 bridgehead atoms. The summed E-state index contributed by atoms with van der Waals surface area (Å²) in [6.07, 6.45) is 2.23. The van der Waals surface area contributed by atoms with Gasteiger partial charge in [-0.15, -0.1) is 0 Å². The molecule has 0 radical (unpaired) electrons. The van der Waals surface area contributed by atoms with Crippen LogP contribution in [0.4, 0.5) is 5.69 Å². The molecule has 2 aromatic carbocycles. The van der Waals surface area contributed by atoms with E-state index in [1.807, 2.05) is 67.1 Å². The molecule has 1 fully saturated rings. The van der Waals surface area contributed by atoms with Crippen LogP contribution in [0.1, 0.15) is 53.0 Å². The lowest BCUT2D eigenvalue weighted by atomic mass is 10.1. The van der Waals surface area contributed by atoms with E-state index < -0.39 is 0 Å². The number of amides is 1. The van der Waals surface area contributed by atoms with Gasteiger partial charge in [-0.05, 0) is 62.6 Å². The number of rotatable bonds is 7. The number of nitrogens with zero attached hydrogens (tertiary/aromatic N) is 3. The quantitative estimate of drug-likeness (QED) is 0.434. The summed E-state index contributed by atoms with van der Waals surface area (Å²) < 4.78 is 7.41. The molecule has 162 valence electrons. The van der Waals surface area contributed by atoms with Gasteiger partial charge in [-0.25, -0.2) is 9.67 Å². The molecular formula is C26H26N4O2. The molecule has 0 aliphatic heterocycles. The Morgan fingerprint density at radius 1 is 1.12 bits per heavy atom. The molecule has 6 heteroatoms. The largest absolute Gasteiger partial charge is 0.494 e. The minimum absolute atomic E-state index is 0.147. The Bertz CT molecular complexity index is 1260. The van der Waals surface area contributed by atoms with Crippen molar-refractivity contribution in [3.05, 3.63) is 83.2 Å². The second-order valence-electron chi connectivity index (χ2n) is 8.21. The Labute approximate surface area is 187 Å². The maximum atomic E-state index is 13.3. The number of hydrogen-bond acceptors (Lipinski definition) is 4. The van der Waals surface area contributed by atoms with Gasteiger partial charge in [-0.1, -0.05) is 30.3 Å². The number of fused-ring (bicyclic) bond motifs is 1. The van der Waals surface area contributed by atoms with Crippen LogP contribution in [0.3, 0.4) is 0 Å². The zero-order valence-electron chi connectivity index (χ0n) is 18.3. The fourth-order valence-corrected chi connectivity index (χ4v) is 4.01. The number of carbonyl (C=O) groups excluding carboxylic acids is 1. The lowest BCUT2D eigenvalue weighted by Gasteiger charge is -2.10. The van der Waals surface area contributed by atoms with Crippen molar-refractivity contribution < 1.29 is 9.53 Å². The number of nitrogens with one attached hydrogen (secondary N) is 1. The molecule has 0 unspecified atom stereocenters. The van der Waals surface area contributed by atoms with Crippen LogP contribution in [0.25, 0.3) is 11.0 Å². The van der Waals surface area contributed by atoms with Gasteiger partial charge in [0.05, 0.1) is 29.8 Å². The summed E-state index contributed by atoms with van der Waals surface area (Å²) in [6, 6.07) is 19.6. The summed E-state index contributed by atoms with van der Waals surface area (Å²) in [5.74, 6) is 1.06. The smallest absolute Gasteiger partial charge is 0.256 e. The van der Waals surface area contributed by atoms with Crippen molar-refractivity contribution in [3.8, 4) is 5.75 Å². The summed E-state index contributed by atoms with van der Waals surface area (Å²) in [5, 5.41) is 8.59. The number of aryl methyl sites for hydroxylation is 1. The summed E-state index contributed by atoms with van der Waals surface area (Å²) in [6.45, 7) is 5.11. The van der Waals surface area contributed by atoms with E-state index in [1.54, 1.807) is 0 Å². The topological polar surface area (TPSA) is 69.0 Å². The van der Waals surface area contributed by atoms with E-state index in [4.69, 9.17) is 14.8 Å². The molecule has 2 heterocycles. The third kappa shape index (κ3) is 4.08. The van der Waals surface area contributed by atoms with Gasteiger partial charge in [0.15, 0.2) is 5.65 Å². The second-order valence-corrected chi connectivity index (χ2v) is 8.21. The zero-order chi connectivity index (χ0) is 22.1. The van der Waals surface area contributed by atoms with Gasteiger partial charge in [0.1, 0.15) is 5.75 Å². The van der Waals surface area contributed by atoms with Crippen molar-refractivity contribution in [1.82, 2.24) is 14.8 Å². The SMILES string of the molecule is CCOc1ccc(NC(=O)c2cc(C3CC3)nc3c2c(C)nn3Cc2ccccc2)cc1. The third-order valence-electron chi connectivity index (χ3n) is 5.74. The van der Waals surface area contributed by atoms with Gasteiger partial charge < -0.3 is 10.1 Å². The Morgan fingerprint density at radius 2 is 1.88 bits per heavy atom. The Kier molecular flexibility index (Phi) is 5.35. The minimum Gasteiger partial charge on any atom is -0.494 e. The van der Waals surface area contributed by atoms with Crippen LogP contribution < -0.4 is 10.1 Å². The highest BCUT2D eigenvalue weighted by Gasteiger charge is 2.29. The van der Waals surface area contributed by atoms with E-state index in [9.17, 15) is 4.79 Å². The Hall–Kier alpha value is -3.67. The van der Waals surface area contributed by atoms with Crippen molar-refractivity contribution in [2.75, 3.05) is 11.9 Å². The predicted octanol–water partition coefficient (Wildman–Crippen LogP) is 5.32. The maximum absolute atomic E-state index is 13.3. The van der Waals surface area contributed by atoms with E-state index in [0.29, 0.717) is 24.6 Å². The fourth-order valence-electron chi connectivity index (χ4n) is 4.01. The van der Waals surface area contributed by atoms with Crippen LogP contribution in [-0.2, 0) is 6.54 Å². The number of carbonyl (C=O) groups is 1. The van der Waals surface area contributed by atoms with Gasteiger partial charge in [-0.3, -0.25) is 4.79 Å². The second kappa shape index (κ2) is 8.46. The number of pyridine rings is 1. The molecule has 2 aromatic heterocycles. The highest BCUT2D eigenvalue weighted by molar-refractivity contribution is 6.12. The molecule has 5 rings (SSSR count). The Morgan fingerprint density at radius 3 is 2.56 bits per heavy atom. The number of ether oxygens (including phenoxy) is 1. The molecule has 1 saturated carbocycles. The molecule has 1 amide bonds. The van der Waals surface area contributed by atoms with Crippen LogP contribution in [0.15, 0.2) is 60.7 Å². The summed E-state index contributed by atoms with van der Waals surface area (Å²) in [5.41, 5.74) is 5.06. The molecule has 0 atom stereocenters. The van der Waals surface area contributed by atoms with Crippen molar-refractivity contribution >= 4 is 22.6 Å². The molecule has 1 aliphatic carbocycles. The van der Waals surface area contributed by atoms with Crippen LogP contribution >= 0.6 is 0 Å².